The van der Waals surface area contributed by atoms with Crippen LogP contribution in [0.4, 0.5) is 5.69 Å². The van der Waals surface area contributed by atoms with Gasteiger partial charge in [0.2, 0.25) is 0 Å². The first kappa shape index (κ1) is 17.7. The lowest BCUT2D eigenvalue weighted by molar-refractivity contribution is 0.0718. The van der Waals surface area contributed by atoms with E-state index in [0.29, 0.717) is 15.7 Å². The Bertz CT molecular complexity index is 805. The van der Waals surface area contributed by atoms with Gasteiger partial charge in [0.25, 0.3) is 11.8 Å². The molecule has 3 rings (SSSR count). The summed E-state index contributed by atoms with van der Waals surface area (Å²) in [5, 5.41) is 3.50. The molecule has 1 fully saturated rings. The van der Waals surface area contributed by atoms with Crippen LogP contribution in [0.2, 0.25) is 10.0 Å². The second kappa shape index (κ2) is 7.85. The zero-order chi connectivity index (χ0) is 17.8. The van der Waals surface area contributed by atoms with Crippen molar-refractivity contribution in [3.8, 4) is 0 Å². The molecule has 0 unspecified atom stereocenters. The average Bonchev–Trinajstić information content (AvgIpc) is 2.65. The number of likely N-dealkylation sites (tertiary alicyclic amines) is 1. The van der Waals surface area contributed by atoms with Crippen LogP contribution in [0.1, 0.15) is 40.2 Å². The number of piperidine rings is 1. The summed E-state index contributed by atoms with van der Waals surface area (Å²) in [4.78, 5) is 30.9. The predicted octanol–water partition coefficient (Wildman–Crippen LogP) is 4.27. The average molecular weight is 378 g/mol. The number of amides is 2. The molecular weight excluding hydrogens is 361 g/mol. The number of halogens is 2. The second-order valence-electron chi connectivity index (χ2n) is 5.84. The molecule has 1 aliphatic heterocycles. The lowest BCUT2D eigenvalue weighted by atomic mass is 10.1. The normalized spacial score (nSPS) is 14.2. The fraction of sp³-hybridized carbons (Fsp3) is 0.278. The first-order chi connectivity index (χ1) is 12.0. The highest BCUT2D eigenvalue weighted by Gasteiger charge is 2.20. The van der Waals surface area contributed by atoms with Crippen LogP contribution >= 0.6 is 23.2 Å². The van der Waals surface area contributed by atoms with E-state index >= 15 is 0 Å². The molecule has 0 radical (unpaired) electrons. The van der Waals surface area contributed by atoms with Crippen LogP contribution in [0.25, 0.3) is 0 Å². The van der Waals surface area contributed by atoms with Gasteiger partial charge in [0, 0.05) is 18.1 Å². The molecule has 2 aromatic rings. The van der Waals surface area contributed by atoms with Gasteiger partial charge in [-0.25, -0.2) is 4.98 Å². The smallest absolute Gasteiger partial charge is 0.274 e. The minimum absolute atomic E-state index is 0.143. The number of hydrogen-bond acceptors (Lipinski definition) is 3. The topological polar surface area (TPSA) is 62.3 Å². The van der Waals surface area contributed by atoms with Crippen molar-refractivity contribution in [3.63, 3.8) is 0 Å². The number of hydrogen-bond donors (Lipinski definition) is 1. The lowest BCUT2D eigenvalue weighted by Crippen LogP contribution is -2.36. The van der Waals surface area contributed by atoms with E-state index in [2.05, 4.69) is 10.3 Å². The molecule has 1 aliphatic rings. The Morgan fingerprint density at radius 2 is 1.72 bits per heavy atom. The summed E-state index contributed by atoms with van der Waals surface area (Å²) in [7, 11) is 0. The summed E-state index contributed by atoms with van der Waals surface area (Å²) >= 11 is 12.0. The van der Waals surface area contributed by atoms with Crippen LogP contribution < -0.4 is 5.32 Å². The van der Waals surface area contributed by atoms with E-state index in [1.807, 2.05) is 0 Å². The molecule has 25 heavy (non-hydrogen) atoms. The molecule has 0 aliphatic carbocycles. The summed E-state index contributed by atoms with van der Waals surface area (Å²) in [5.41, 5.74) is 0.819. The number of benzene rings is 1. The van der Waals surface area contributed by atoms with Crippen LogP contribution in [0.3, 0.4) is 0 Å². The van der Waals surface area contributed by atoms with Gasteiger partial charge in [0.1, 0.15) is 11.4 Å². The summed E-state index contributed by atoms with van der Waals surface area (Å²) in [6.45, 7) is 1.46. The lowest BCUT2D eigenvalue weighted by Gasteiger charge is -2.26. The summed E-state index contributed by atoms with van der Waals surface area (Å²) in [6.07, 6.45) is 3.14. The van der Waals surface area contributed by atoms with E-state index in [9.17, 15) is 9.59 Å². The van der Waals surface area contributed by atoms with Crippen molar-refractivity contribution in [1.82, 2.24) is 9.88 Å². The molecule has 0 saturated carbocycles. The summed E-state index contributed by atoms with van der Waals surface area (Å²) < 4.78 is 0. The Hall–Kier alpha value is -2.11. The molecule has 1 aromatic heterocycles. The van der Waals surface area contributed by atoms with E-state index in [-0.39, 0.29) is 17.3 Å². The van der Waals surface area contributed by atoms with E-state index in [1.54, 1.807) is 41.3 Å². The Kier molecular flexibility index (Phi) is 5.56. The van der Waals surface area contributed by atoms with Gasteiger partial charge in [-0.2, -0.15) is 0 Å². The van der Waals surface area contributed by atoms with Crippen molar-refractivity contribution in [1.29, 1.82) is 0 Å². The predicted molar refractivity (Wildman–Crippen MR) is 98.4 cm³/mol. The van der Waals surface area contributed by atoms with E-state index in [0.717, 1.165) is 32.4 Å². The number of carbonyl (C=O) groups excluding carboxylic acids is 2. The molecule has 0 bridgehead atoms. The molecule has 2 heterocycles. The third-order valence-corrected chi connectivity index (χ3v) is 4.59. The number of aromatic nitrogens is 1. The van der Waals surface area contributed by atoms with Gasteiger partial charge in [0.15, 0.2) is 0 Å². The molecule has 2 amide bonds. The molecule has 1 aromatic carbocycles. The zero-order valence-electron chi connectivity index (χ0n) is 13.5. The Labute approximate surface area is 155 Å². The van der Waals surface area contributed by atoms with Gasteiger partial charge in [-0.3, -0.25) is 9.59 Å². The SMILES string of the molecule is O=C(Nc1cc(Cl)ccc1Cl)c1cccc(C(=O)N2CCCCC2)n1. The number of rotatable bonds is 3. The fourth-order valence-corrected chi connectivity index (χ4v) is 3.06. The molecule has 0 atom stereocenters. The summed E-state index contributed by atoms with van der Waals surface area (Å²) in [6, 6.07) is 9.63. The highest BCUT2D eigenvalue weighted by Crippen LogP contribution is 2.25. The van der Waals surface area contributed by atoms with Crippen molar-refractivity contribution in [3.05, 3.63) is 57.8 Å². The zero-order valence-corrected chi connectivity index (χ0v) is 15.0. The van der Waals surface area contributed by atoms with Crippen molar-refractivity contribution in [2.75, 3.05) is 18.4 Å². The molecular formula is C18H17Cl2N3O2. The minimum Gasteiger partial charge on any atom is -0.337 e. The van der Waals surface area contributed by atoms with Gasteiger partial charge >= 0.3 is 0 Å². The Morgan fingerprint density at radius 3 is 2.48 bits per heavy atom. The van der Waals surface area contributed by atoms with Crippen LogP contribution in [0, 0.1) is 0 Å². The van der Waals surface area contributed by atoms with E-state index < -0.39 is 5.91 Å². The minimum atomic E-state index is -0.447. The first-order valence-corrected chi connectivity index (χ1v) is 8.83. The largest absolute Gasteiger partial charge is 0.337 e. The van der Waals surface area contributed by atoms with Crippen molar-refractivity contribution < 1.29 is 9.59 Å². The van der Waals surface area contributed by atoms with Crippen molar-refractivity contribution in [2.24, 2.45) is 0 Å². The summed E-state index contributed by atoms with van der Waals surface area (Å²) in [5.74, 6) is -0.590. The van der Waals surface area contributed by atoms with Gasteiger partial charge in [-0.1, -0.05) is 29.3 Å². The monoisotopic (exact) mass is 377 g/mol. The van der Waals surface area contributed by atoms with Crippen LogP contribution in [-0.4, -0.2) is 34.8 Å². The van der Waals surface area contributed by atoms with Crippen LogP contribution in [0.5, 0.6) is 0 Å². The number of carbonyl (C=O) groups is 2. The Morgan fingerprint density at radius 1 is 1.00 bits per heavy atom. The van der Waals surface area contributed by atoms with Gasteiger partial charge < -0.3 is 10.2 Å². The quantitative estimate of drug-likeness (QED) is 0.868. The maximum absolute atomic E-state index is 12.5. The third-order valence-electron chi connectivity index (χ3n) is 4.02. The van der Waals surface area contributed by atoms with Crippen molar-refractivity contribution >= 4 is 40.7 Å². The highest BCUT2D eigenvalue weighted by molar-refractivity contribution is 6.35. The van der Waals surface area contributed by atoms with Crippen LogP contribution in [-0.2, 0) is 0 Å². The maximum atomic E-state index is 12.5. The molecule has 5 nitrogen and oxygen atoms in total. The van der Waals surface area contributed by atoms with E-state index in [1.165, 1.54) is 0 Å². The number of nitrogens with one attached hydrogen (secondary N) is 1. The molecule has 1 N–H and O–H groups in total. The number of anilines is 1. The molecule has 7 heteroatoms. The first-order valence-electron chi connectivity index (χ1n) is 8.07. The maximum Gasteiger partial charge on any atom is 0.274 e. The van der Waals surface area contributed by atoms with Gasteiger partial charge in [-0.05, 0) is 49.6 Å². The number of pyridine rings is 1. The van der Waals surface area contributed by atoms with Gasteiger partial charge in [-0.15, -0.1) is 0 Å². The molecule has 0 spiro atoms. The van der Waals surface area contributed by atoms with Gasteiger partial charge in [0.05, 0.1) is 10.7 Å². The standard InChI is InChI=1S/C18H17Cl2N3O2/c19-12-7-8-13(20)16(11-12)22-17(24)14-5-4-6-15(21-14)18(25)23-9-2-1-3-10-23/h4-8,11H,1-3,9-10H2,(H,22,24). The fourth-order valence-electron chi connectivity index (χ4n) is 2.72. The number of nitrogens with zero attached hydrogens (tertiary/aromatic N) is 2. The molecule has 130 valence electrons. The second-order valence-corrected chi connectivity index (χ2v) is 6.68. The molecule has 1 saturated heterocycles. The Balaban J connectivity index is 1.77. The van der Waals surface area contributed by atoms with Crippen LogP contribution in [0.15, 0.2) is 36.4 Å². The highest BCUT2D eigenvalue weighted by atomic mass is 35.5. The third kappa shape index (κ3) is 4.30. The van der Waals surface area contributed by atoms with Crippen molar-refractivity contribution in [2.45, 2.75) is 19.3 Å². The van der Waals surface area contributed by atoms with E-state index in [4.69, 9.17) is 23.2 Å².